The molecule has 0 aromatic heterocycles. The van der Waals surface area contributed by atoms with Gasteiger partial charge in [-0.2, -0.15) is 0 Å². The Morgan fingerprint density at radius 2 is 1.27 bits per heavy atom. The molecule has 6 nitrogen and oxygen atoms in total. The van der Waals surface area contributed by atoms with Gasteiger partial charge in [0.05, 0.1) is 12.1 Å². The van der Waals surface area contributed by atoms with E-state index in [0.29, 0.717) is 0 Å². The Morgan fingerprint density at radius 1 is 0.833 bits per heavy atom. The summed E-state index contributed by atoms with van der Waals surface area (Å²) < 4.78 is 0. The molecule has 0 saturated heterocycles. The normalized spacial score (nSPS) is 10.7. The standard InChI is InChI=1S/C17H37NO2.C7H6O3/c1-2-3-4-5-6-7-8-9-10-11-12-13-14-15-16-18-17(19)20;8-6-4-2-1-3-5(6)7(9)10/h17-20H,2-16H2,1H3;1-4,8H,(H,9,10). The quantitative estimate of drug-likeness (QED) is 0.224. The number of para-hydroxylation sites is 1. The van der Waals surface area contributed by atoms with Crippen molar-refractivity contribution in [2.45, 2.75) is 103 Å². The van der Waals surface area contributed by atoms with Gasteiger partial charge in [-0.1, -0.05) is 108 Å². The summed E-state index contributed by atoms with van der Waals surface area (Å²) in [6.45, 7) is 3.10. The Morgan fingerprint density at radius 3 is 1.63 bits per heavy atom. The number of benzene rings is 1. The number of nitrogens with two attached hydrogens (primary N) is 1. The van der Waals surface area contributed by atoms with Crippen LogP contribution in [0, 0.1) is 0 Å². The third-order valence-corrected chi connectivity index (χ3v) is 5.05. The molecule has 30 heavy (non-hydrogen) atoms. The summed E-state index contributed by atoms with van der Waals surface area (Å²) in [7, 11) is 0. The highest BCUT2D eigenvalue weighted by Gasteiger charge is 2.00. The van der Waals surface area contributed by atoms with E-state index in [-0.39, 0.29) is 5.56 Å². The Balaban J connectivity index is 0.000000696. The maximum atomic E-state index is 10.7. The van der Waals surface area contributed by atoms with Crippen molar-refractivity contribution in [1.82, 2.24) is 0 Å². The van der Waals surface area contributed by atoms with Crippen LogP contribution in [0.2, 0.25) is 0 Å². The topological polar surface area (TPSA) is 117 Å². The Hall–Kier alpha value is -1.63. The van der Waals surface area contributed by atoms with Gasteiger partial charge in [0.25, 0.3) is 0 Å². The smallest absolute Gasteiger partial charge is 0.335 e. The van der Waals surface area contributed by atoms with E-state index in [9.17, 15) is 9.90 Å². The van der Waals surface area contributed by atoms with E-state index in [1.165, 1.54) is 108 Å². The lowest BCUT2D eigenvalue weighted by Crippen LogP contribution is -2.90. The summed E-state index contributed by atoms with van der Waals surface area (Å²) in [6.07, 6.45) is 17.8. The third kappa shape index (κ3) is 18.4. The van der Waals surface area contributed by atoms with Gasteiger partial charge in [-0.25, -0.2) is 4.79 Å². The number of quaternary nitrogens is 1. The fourth-order valence-electron chi connectivity index (χ4n) is 3.25. The van der Waals surface area contributed by atoms with Gasteiger partial charge in [0.1, 0.15) is 0 Å². The van der Waals surface area contributed by atoms with Crippen molar-refractivity contribution in [3.63, 3.8) is 0 Å². The first-order valence-corrected chi connectivity index (χ1v) is 11.7. The first kappa shape index (κ1) is 28.4. The maximum Gasteiger partial charge on any atom is 0.335 e. The maximum absolute atomic E-state index is 10.7. The van der Waals surface area contributed by atoms with Crippen LogP contribution in [0.15, 0.2) is 24.3 Å². The van der Waals surface area contributed by atoms with Crippen LogP contribution in [0.4, 0.5) is 0 Å². The number of rotatable bonds is 17. The monoisotopic (exact) mass is 425 g/mol. The summed E-state index contributed by atoms with van der Waals surface area (Å²) >= 11 is 0. The van der Waals surface area contributed by atoms with E-state index in [2.05, 4.69) is 6.92 Å². The van der Waals surface area contributed by atoms with Crippen LogP contribution in [-0.2, 0) is 0 Å². The highest BCUT2D eigenvalue weighted by Crippen LogP contribution is 2.13. The minimum Gasteiger partial charge on any atom is -0.872 e. The minimum atomic E-state index is -1.23. The van der Waals surface area contributed by atoms with Crippen LogP contribution in [0.1, 0.15) is 107 Å². The number of hydrogen-bond donors (Lipinski definition) is 4. The highest BCUT2D eigenvalue weighted by molar-refractivity contribution is 5.90. The Labute approximate surface area is 182 Å². The van der Waals surface area contributed by atoms with E-state index in [4.69, 9.17) is 15.3 Å². The van der Waals surface area contributed by atoms with Gasteiger partial charge < -0.3 is 20.4 Å². The lowest BCUT2D eigenvalue weighted by molar-refractivity contribution is -0.762. The molecule has 0 amide bonds. The second-order valence-electron chi connectivity index (χ2n) is 7.84. The van der Waals surface area contributed by atoms with Gasteiger partial charge >= 0.3 is 12.4 Å². The summed E-state index contributed by atoms with van der Waals surface area (Å²) in [4.78, 5) is 10.2. The molecule has 174 valence electrons. The molecule has 1 aromatic rings. The highest BCUT2D eigenvalue weighted by atomic mass is 16.5. The first-order chi connectivity index (χ1) is 14.5. The predicted molar refractivity (Wildman–Crippen MR) is 118 cm³/mol. The molecule has 0 spiro atoms. The zero-order chi connectivity index (χ0) is 22.5. The number of aliphatic hydroxyl groups is 2. The second kappa shape index (κ2) is 20.6. The van der Waals surface area contributed by atoms with Crippen LogP contribution in [0.3, 0.4) is 0 Å². The third-order valence-electron chi connectivity index (χ3n) is 5.05. The molecular weight excluding hydrogens is 382 g/mol. The summed E-state index contributed by atoms with van der Waals surface area (Å²) in [6, 6.07) is 5.54. The van der Waals surface area contributed by atoms with Crippen LogP contribution < -0.4 is 10.4 Å². The van der Waals surface area contributed by atoms with Crippen molar-refractivity contribution in [1.29, 1.82) is 0 Å². The zero-order valence-electron chi connectivity index (χ0n) is 18.7. The van der Waals surface area contributed by atoms with Crippen molar-refractivity contribution >= 4 is 5.97 Å². The number of carbonyl (C=O) groups is 1. The Kier molecular flexibility index (Phi) is 19.5. The summed E-state index contributed by atoms with van der Waals surface area (Å²) in [5, 5.41) is 37.9. The van der Waals surface area contributed by atoms with E-state index < -0.39 is 18.1 Å². The van der Waals surface area contributed by atoms with Gasteiger partial charge in [0.2, 0.25) is 0 Å². The molecule has 5 N–H and O–H groups in total. The molecule has 0 atom stereocenters. The van der Waals surface area contributed by atoms with Crippen LogP contribution in [0.5, 0.6) is 5.75 Å². The molecule has 0 saturated carbocycles. The van der Waals surface area contributed by atoms with Gasteiger partial charge in [-0.05, 0) is 18.9 Å². The SMILES string of the molecule is CCCCCCCCCCCCCCCC[NH2+]C(O)O.O=C(O)c1ccccc1[O-]. The Bertz CT molecular complexity index is 522. The van der Waals surface area contributed by atoms with Gasteiger partial charge in [0, 0.05) is 0 Å². The van der Waals surface area contributed by atoms with Crippen molar-refractivity contribution in [2.24, 2.45) is 0 Å². The molecule has 0 aliphatic rings. The van der Waals surface area contributed by atoms with Crippen molar-refractivity contribution in [2.75, 3.05) is 6.54 Å². The molecule has 0 unspecified atom stereocenters. The van der Waals surface area contributed by atoms with Gasteiger partial charge in [-0.3, -0.25) is 5.32 Å². The minimum absolute atomic E-state index is 0.178. The summed E-state index contributed by atoms with van der Waals surface area (Å²) in [5.74, 6) is -1.62. The molecule has 0 aliphatic heterocycles. The van der Waals surface area contributed by atoms with E-state index >= 15 is 0 Å². The van der Waals surface area contributed by atoms with E-state index in [0.717, 1.165) is 13.0 Å². The fraction of sp³-hybridized carbons (Fsp3) is 0.708. The van der Waals surface area contributed by atoms with Crippen LogP contribution >= 0.6 is 0 Å². The molecule has 1 rings (SSSR count). The van der Waals surface area contributed by atoms with Crippen LogP contribution in [0.25, 0.3) is 0 Å². The second-order valence-corrected chi connectivity index (χ2v) is 7.84. The van der Waals surface area contributed by atoms with E-state index in [1.54, 1.807) is 5.32 Å². The molecule has 6 heteroatoms. The molecule has 0 heterocycles. The van der Waals surface area contributed by atoms with Gasteiger partial charge in [0.15, 0.2) is 0 Å². The van der Waals surface area contributed by atoms with Crippen LogP contribution in [-0.4, -0.2) is 34.2 Å². The van der Waals surface area contributed by atoms with Crippen molar-refractivity contribution < 1.29 is 30.5 Å². The number of aliphatic hydroxyl groups excluding tert-OH is 1. The first-order valence-electron chi connectivity index (χ1n) is 11.7. The number of carboxylic acid groups (broad SMARTS) is 1. The van der Waals surface area contributed by atoms with E-state index in [1.807, 2.05) is 0 Å². The zero-order valence-corrected chi connectivity index (χ0v) is 18.7. The average Bonchev–Trinajstić information content (AvgIpc) is 2.71. The van der Waals surface area contributed by atoms with Crippen molar-refractivity contribution in [3.8, 4) is 5.75 Å². The van der Waals surface area contributed by atoms with Gasteiger partial charge in [-0.15, -0.1) is 0 Å². The predicted octanol–water partition coefficient (Wildman–Crippen LogP) is 3.76. The molecule has 0 aliphatic carbocycles. The molecule has 0 fully saturated rings. The van der Waals surface area contributed by atoms with Crippen molar-refractivity contribution in [3.05, 3.63) is 29.8 Å². The lowest BCUT2D eigenvalue weighted by Gasteiger charge is -2.07. The largest absolute Gasteiger partial charge is 0.872 e. The fourth-order valence-corrected chi connectivity index (χ4v) is 3.25. The average molecular weight is 426 g/mol. The lowest BCUT2D eigenvalue weighted by atomic mass is 10.0. The summed E-state index contributed by atoms with van der Waals surface area (Å²) in [5.41, 5.74) is -0.178. The number of unbranched alkanes of at least 4 members (excludes halogenated alkanes) is 13. The number of carboxylic acids is 1. The number of hydrogen-bond acceptors (Lipinski definition) is 4. The number of aromatic carboxylic acids is 1. The molecule has 0 bridgehead atoms. The molecular formula is C24H43NO5. The molecule has 0 radical (unpaired) electrons. The molecule has 1 aromatic carbocycles.